The molecule has 4 nitrogen and oxygen atoms in total. The second-order valence-corrected chi connectivity index (χ2v) is 7.16. The van der Waals surface area contributed by atoms with Gasteiger partial charge in [-0.2, -0.15) is 0 Å². The Morgan fingerprint density at radius 2 is 2.08 bits per heavy atom. The Hall–Kier alpha value is -1.39. The third-order valence-electron chi connectivity index (χ3n) is 5.37. The van der Waals surface area contributed by atoms with E-state index in [1.807, 2.05) is 0 Å². The Morgan fingerprint density at radius 3 is 2.92 bits per heavy atom. The van der Waals surface area contributed by atoms with E-state index in [2.05, 4.69) is 28.4 Å². The minimum Gasteiger partial charge on any atom is -0.383 e. The summed E-state index contributed by atoms with van der Waals surface area (Å²) < 4.78 is 5.15. The lowest BCUT2D eigenvalue weighted by molar-refractivity contribution is -0.126. The number of piperidine rings is 1. The molecule has 2 aliphatic rings. The van der Waals surface area contributed by atoms with Crippen LogP contribution in [0, 0.1) is 5.92 Å². The van der Waals surface area contributed by atoms with Crippen molar-refractivity contribution in [3.8, 4) is 0 Å². The van der Waals surface area contributed by atoms with E-state index < -0.39 is 0 Å². The maximum Gasteiger partial charge on any atom is 0.224 e. The van der Waals surface area contributed by atoms with Gasteiger partial charge in [0.1, 0.15) is 0 Å². The zero-order chi connectivity index (χ0) is 16.8. The summed E-state index contributed by atoms with van der Waals surface area (Å²) in [6.45, 7) is 4.26. The number of ether oxygens (including phenoxy) is 1. The molecule has 0 radical (unpaired) electrons. The van der Waals surface area contributed by atoms with E-state index >= 15 is 0 Å². The van der Waals surface area contributed by atoms with Crippen LogP contribution >= 0.6 is 0 Å². The first kappa shape index (κ1) is 17.4. The molecule has 132 valence electrons. The van der Waals surface area contributed by atoms with Gasteiger partial charge in [0.2, 0.25) is 5.91 Å². The number of methoxy groups -OCH3 is 1. The van der Waals surface area contributed by atoms with Crippen LogP contribution in [-0.4, -0.2) is 44.2 Å². The monoisotopic (exact) mass is 330 g/mol. The van der Waals surface area contributed by atoms with Crippen molar-refractivity contribution in [1.82, 2.24) is 10.2 Å². The summed E-state index contributed by atoms with van der Waals surface area (Å²) >= 11 is 0. The number of hydrogen-bond acceptors (Lipinski definition) is 3. The van der Waals surface area contributed by atoms with Gasteiger partial charge in [-0.15, -0.1) is 0 Å². The second-order valence-electron chi connectivity index (χ2n) is 7.16. The Balaban J connectivity index is 1.50. The van der Waals surface area contributed by atoms with Crippen molar-refractivity contribution in [3.05, 3.63) is 34.9 Å². The minimum atomic E-state index is 0.119. The standard InChI is InChI=1S/C20H30N2O2/c1-24-12-11-22-10-4-7-19(15-22)20(23)21-14-16-8-9-17-5-2-3-6-18(17)13-16/h8-9,13,19H,2-7,10-12,14-15H2,1H3,(H,21,23)/t19-/m0/s1. The Kier molecular flexibility index (Phi) is 6.27. The topological polar surface area (TPSA) is 41.6 Å². The van der Waals surface area contributed by atoms with Crippen LogP contribution in [0.2, 0.25) is 0 Å². The van der Waals surface area contributed by atoms with Crippen LogP contribution in [-0.2, 0) is 28.9 Å². The molecule has 0 saturated carbocycles. The Labute approximate surface area is 145 Å². The van der Waals surface area contributed by atoms with Crippen molar-refractivity contribution in [2.45, 2.75) is 45.1 Å². The molecule has 4 heteroatoms. The maximum absolute atomic E-state index is 12.5. The lowest BCUT2D eigenvalue weighted by atomic mass is 9.90. The molecule has 1 N–H and O–H groups in total. The molecule has 1 atom stereocenters. The summed E-state index contributed by atoms with van der Waals surface area (Å²) in [5, 5.41) is 3.16. The number of nitrogens with zero attached hydrogens (tertiary/aromatic N) is 1. The molecule has 1 aromatic carbocycles. The zero-order valence-electron chi connectivity index (χ0n) is 14.9. The van der Waals surface area contributed by atoms with Crippen molar-refractivity contribution in [2.75, 3.05) is 33.4 Å². The molecule has 0 spiro atoms. The lowest BCUT2D eigenvalue weighted by Gasteiger charge is -2.31. The van der Waals surface area contributed by atoms with E-state index in [0.717, 1.165) is 39.1 Å². The van der Waals surface area contributed by atoms with Crippen LogP contribution in [0.5, 0.6) is 0 Å². The predicted molar refractivity (Wildman–Crippen MR) is 96.0 cm³/mol. The summed E-state index contributed by atoms with van der Waals surface area (Å²) in [4.78, 5) is 14.9. The van der Waals surface area contributed by atoms with Crippen molar-refractivity contribution in [2.24, 2.45) is 5.92 Å². The highest BCUT2D eigenvalue weighted by Crippen LogP contribution is 2.22. The van der Waals surface area contributed by atoms with Gasteiger partial charge in [-0.25, -0.2) is 0 Å². The molecular weight excluding hydrogens is 300 g/mol. The number of carbonyl (C=O) groups is 1. The molecule has 0 aromatic heterocycles. The molecule has 1 fully saturated rings. The highest BCUT2D eigenvalue weighted by molar-refractivity contribution is 5.79. The van der Waals surface area contributed by atoms with Crippen molar-refractivity contribution < 1.29 is 9.53 Å². The molecule has 1 aliphatic carbocycles. The molecule has 1 heterocycles. The van der Waals surface area contributed by atoms with Gasteiger partial charge in [0, 0.05) is 26.7 Å². The number of hydrogen-bond donors (Lipinski definition) is 1. The largest absolute Gasteiger partial charge is 0.383 e. The third kappa shape index (κ3) is 4.58. The van der Waals surface area contributed by atoms with E-state index in [9.17, 15) is 4.79 Å². The van der Waals surface area contributed by atoms with Crippen molar-refractivity contribution in [3.63, 3.8) is 0 Å². The number of amides is 1. The van der Waals surface area contributed by atoms with E-state index in [-0.39, 0.29) is 11.8 Å². The molecule has 1 aromatic rings. The van der Waals surface area contributed by atoms with Gasteiger partial charge in [-0.3, -0.25) is 4.79 Å². The maximum atomic E-state index is 12.5. The summed E-state index contributed by atoms with van der Waals surface area (Å²) in [5.41, 5.74) is 4.21. The summed E-state index contributed by atoms with van der Waals surface area (Å²) in [6, 6.07) is 6.72. The summed E-state index contributed by atoms with van der Waals surface area (Å²) in [6.07, 6.45) is 7.10. The SMILES string of the molecule is COCCN1CCC[C@H](C(=O)NCc2ccc3c(c2)CCCC3)C1. The predicted octanol–water partition coefficient (Wildman–Crippen LogP) is 2.54. The highest BCUT2D eigenvalue weighted by atomic mass is 16.5. The van der Waals surface area contributed by atoms with E-state index in [0.29, 0.717) is 6.54 Å². The first-order chi connectivity index (χ1) is 11.8. The van der Waals surface area contributed by atoms with Crippen LogP contribution in [0.15, 0.2) is 18.2 Å². The lowest BCUT2D eigenvalue weighted by Crippen LogP contribution is -2.43. The van der Waals surface area contributed by atoms with Gasteiger partial charge < -0.3 is 15.0 Å². The van der Waals surface area contributed by atoms with Gasteiger partial charge in [0.05, 0.1) is 12.5 Å². The average Bonchev–Trinajstić information content (AvgIpc) is 2.64. The second kappa shape index (κ2) is 8.63. The molecule has 1 aliphatic heterocycles. The average molecular weight is 330 g/mol. The zero-order valence-corrected chi connectivity index (χ0v) is 14.9. The molecule has 1 amide bonds. The number of likely N-dealkylation sites (tertiary alicyclic amines) is 1. The number of benzene rings is 1. The summed E-state index contributed by atoms with van der Waals surface area (Å²) in [5.74, 6) is 0.322. The van der Waals surface area contributed by atoms with Crippen molar-refractivity contribution >= 4 is 5.91 Å². The van der Waals surface area contributed by atoms with Gasteiger partial charge >= 0.3 is 0 Å². The van der Waals surface area contributed by atoms with Crippen molar-refractivity contribution in [1.29, 1.82) is 0 Å². The number of carbonyl (C=O) groups excluding carboxylic acids is 1. The number of rotatable bonds is 6. The molecule has 0 bridgehead atoms. The molecule has 0 unspecified atom stereocenters. The Bertz CT molecular complexity index is 559. The van der Waals surface area contributed by atoms with Crippen LogP contribution in [0.1, 0.15) is 42.4 Å². The van der Waals surface area contributed by atoms with Crippen LogP contribution in [0.4, 0.5) is 0 Å². The molecular formula is C20H30N2O2. The van der Waals surface area contributed by atoms with Crippen LogP contribution < -0.4 is 5.32 Å². The fourth-order valence-electron chi connectivity index (χ4n) is 3.92. The number of fused-ring (bicyclic) bond motifs is 1. The Morgan fingerprint density at radius 1 is 1.25 bits per heavy atom. The summed E-state index contributed by atoms with van der Waals surface area (Å²) in [7, 11) is 1.73. The quantitative estimate of drug-likeness (QED) is 0.871. The minimum absolute atomic E-state index is 0.119. The molecule has 3 rings (SSSR count). The normalized spacial score (nSPS) is 21.3. The number of aryl methyl sites for hydroxylation is 2. The number of nitrogens with one attached hydrogen (secondary N) is 1. The van der Waals surface area contributed by atoms with Gasteiger partial charge in [0.15, 0.2) is 0 Å². The van der Waals surface area contributed by atoms with Crippen LogP contribution in [0.3, 0.4) is 0 Å². The molecule has 1 saturated heterocycles. The van der Waals surface area contributed by atoms with Gasteiger partial charge in [-0.1, -0.05) is 18.2 Å². The van der Waals surface area contributed by atoms with E-state index in [1.54, 1.807) is 7.11 Å². The first-order valence-corrected chi connectivity index (χ1v) is 9.36. The van der Waals surface area contributed by atoms with Gasteiger partial charge in [0.25, 0.3) is 0 Å². The smallest absolute Gasteiger partial charge is 0.224 e. The van der Waals surface area contributed by atoms with Crippen LogP contribution in [0.25, 0.3) is 0 Å². The molecule has 24 heavy (non-hydrogen) atoms. The third-order valence-corrected chi connectivity index (χ3v) is 5.37. The van der Waals surface area contributed by atoms with E-state index in [4.69, 9.17) is 4.74 Å². The fraction of sp³-hybridized carbons (Fsp3) is 0.650. The van der Waals surface area contributed by atoms with E-state index in [1.165, 1.54) is 42.4 Å². The fourth-order valence-corrected chi connectivity index (χ4v) is 3.92. The highest BCUT2D eigenvalue weighted by Gasteiger charge is 2.25. The first-order valence-electron chi connectivity index (χ1n) is 9.36. The van der Waals surface area contributed by atoms with Gasteiger partial charge in [-0.05, 0) is 61.8 Å².